The maximum absolute atomic E-state index is 11.5. The van der Waals surface area contributed by atoms with Gasteiger partial charge >= 0.3 is 0 Å². The zero-order valence-corrected chi connectivity index (χ0v) is 11.3. The van der Waals surface area contributed by atoms with Gasteiger partial charge in [0.2, 0.25) is 0 Å². The normalized spacial score (nSPS) is 10.2. The standard InChI is InChI=1S/C14H21NOS/c1-2-3-4-5-9-12-15(14(16)17)13-10-7-6-8-11-13/h6-8,10-11H,2-5,9,12H2,1H3,(H,16,17). The van der Waals surface area contributed by atoms with Crippen molar-refractivity contribution in [1.29, 1.82) is 0 Å². The maximum Gasteiger partial charge on any atom is 0.282 e. The molecule has 0 aliphatic carbocycles. The van der Waals surface area contributed by atoms with Crippen molar-refractivity contribution >= 4 is 23.6 Å². The SMILES string of the molecule is CCCCCCCN(C(=O)S)c1ccccc1. The van der Waals surface area contributed by atoms with Gasteiger partial charge in [0, 0.05) is 12.2 Å². The molecule has 0 spiro atoms. The van der Waals surface area contributed by atoms with Crippen molar-refractivity contribution in [2.24, 2.45) is 0 Å². The van der Waals surface area contributed by atoms with E-state index in [-0.39, 0.29) is 5.24 Å². The predicted molar refractivity (Wildman–Crippen MR) is 76.9 cm³/mol. The Kier molecular flexibility index (Phi) is 6.78. The molecule has 0 aliphatic rings. The van der Waals surface area contributed by atoms with Crippen LogP contribution in [-0.4, -0.2) is 11.8 Å². The molecule has 0 bridgehead atoms. The van der Waals surface area contributed by atoms with E-state index in [1.54, 1.807) is 4.90 Å². The molecule has 1 rings (SSSR count). The summed E-state index contributed by atoms with van der Waals surface area (Å²) in [5.41, 5.74) is 0.933. The monoisotopic (exact) mass is 251 g/mol. The Morgan fingerprint density at radius 1 is 1.12 bits per heavy atom. The van der Waals surface area contributed by atoms with Crippen LogP contribution in [0.4, 0.5) is 10.5 Å². The number of carbonyl (C=O) groups excluding carboxylic acids is 1. The third-order valence-electron chi connectivity index (χ3n) is 2.78. The highest BCUT2D eigenvalue weighted by Crippen LogP contribution is 2.16. The Labute approximate surface area is 109 Å². The number of thiol groups is 1. The van der Waals surface area contributed by atoms with Crippen LogP contribution in [0.1, 0.15) is 39.0 Å². The van der Waals surface area contributed by atoms with E-state index in [0.717, 1.165) is 18.7 Å². The van der Waals surface area contributed by atoms with Gasteiger partial charge in [0.15, 0.2) is 0 Å². The topological polar surface area (TPSA) is 20.3 Å². The van der Waals surface area contributed by atoms with Gasteiger partial charge in [-0.15, -0.1) is 0 Å². The molecule has 0 saturated heterocycles. The molecule has 0 unspecified atom stereocenters. The average Bonchev–Trinajstić information content (AvgIpc) is 2.34. The summed E-state index contributed by atoms with van der Waals surface area (Å²) in [6.07, 6.45) is 5.99. The van der Waals surface area contributed by atoms with Gasteiger partial charge in [-0.25, -0.2) is 0 Å². The van der Waals surface area contributed by atoms with Crippen LogP contribution >= 0.6 is 12.6 Å². The van der Waals surface area contributed by atoms with Crippen LogP contribution in [0.2, 0.25) is 0 Å². The van der Waals surface area contributed by atoms with E-state index < -0.39 is 0 Å². The summed E-state index contributed by atoms with van der Waals surface area (Å²) in [5.74, 6) is 0. The lowest BCUT2D eigenvalue weighted by Crippen LogP contribution is -2.26. The average molecular weight is 251 g/mol. The highest BCUT2D eigenvalue weighted by atomic mass is 32.1. The zero-order valence-electron chi connectivity index (χ0n) is 10.4. The molecular formula is C14H21NOS. The van der Waals surface area contributed by atoms with Crippen LogP contribution in [-0.2, 0) is 0 Å². The van der Waals surface area contributed by atoms with E-state index in [9.17, 15) is 4.79 Å². The molecule has 0 fully saturated rings. The Morgan fingerprint density at radius 3 is 2.35 bits per heavy atom. The van der Waals surface area contributed by atoms with Gasteiger partial charge in [-0.05, 0) is 18.6 Å². The van der Waals surface area contributed by atoms with Crippen LogP contribution in [0, 0.1) is 0 Å². The number of para-hydroxylation sites is 1. The quantitative estimate of drug-likeness (QED) is 0.558. The molecule has 0 radical (unpaired) electrons. The summed E-state index contributed by atoms with van der Waals surface area (Å²) in [6.45, 7) is 2.96. The number of rotatable bonds is 7. The molecular weight excluding hydrogens is 230 g/mol. The lowest BCUT2D eigenvalue weighted by atomic mass is 10.1. The van der Waals surface area contributed by atoms with E-state index in [4.69, 9.17) is 0 Å². The largest absolute Gasteiger partial charge is 0.304 e. The lowest BCUT2D eigenvalue weighted by molar-refractivity contribution is 0.265. The van der Waals surface area contributed by atoms with E-state index in [0.29, 0.717) is 0 Å². The molecule has 0 saturated carbocycles. The van der Waals surface area contributed by atoms with E-state index in [1.165, 1.54) is 25.7 Å². The first-order valence-electron chi connectivity index (χ1n) is 6.31. The highest BCUT2D eigenvalue weighted by molar-refractivity contribution is 7.96. The van der Waals surface area contributed by atoms with E-state index in [2.05, 4.69) is 19.6 Å². The Hall–Kier alpha value is -0.960. The molecule has 1 amide bonds. The predicted octanol–water partition coefficient (Wildman–Crippen LogP) is 4.51. The summed E-state index contributed by atoms with van der Waals surface area (Å²) in [6, 6.07) is 9.72. The summed E-state index contributed by atoms with van der Waals surface area (Å²) < 4.78 is 0. The molecule has 0 N–H and O–H groups in total. The lowest BCUT2D eigenvalue weighted by Gasteiger charge is -2.20. The molecule has 0 atom stereocenters. The number of hydrogen-bond acceptors (Lipinski definition) is 1. The Morgan fingerprint density at radius 2 is 1.76 bits per heavy atom. The molecule has 1 aromatic carbocycles. The smallest absolute Gasteiger partial charge is 0.282 e. The van der Waals surface area contributed by atoms with Crippen LogP contribution in [0.3, 0.4) is 0 Å². The number of amides is 1. The number of hydrogen-bond donors (Lipinski definition) is 1. The fraction of sp³-hybridized carbons (Fsp3) is 0.500. The first kappa shape index (κ1) is 14.1. The third-order valence-corrected chi connectivity index (χ3v) is 3.03. The van der Waals surface area contributed by atoms with Crippen molar-refractivity contribution < 1.29 is 4.79 Å². The van der Waals surface area contributed by atoms with Gasteiger partial charge in [0.25, 0.3) is 5.24 Å². The van der Waals surface area contributed by atoms with Gasteiger partial charge < -0.3 is 4.90 Å². The number of carbonyl (C=O) groups is 1. The van der Waals surface area contributed by atoms with Crippen molar-refractivity contribution in [2.75, 3.05) is 11.4 Å². The van der Waals surface area contributed by atoms with E-state index in [1.807, 2.05) is 30.3 Å². The minimum absolute atomic E-state index is 0.174. The Bertz CT molecular complexity index is 326. The second-order valence-electron chi connectivity index (χ2n) is 4.18. The maximum atomic E-state index is 11.5. The molecule has 0 aromatic heterocycles. The van der Waals surface area contributed by atoms with Crippen molar-refractivity contribution in [3.63, 3.8) is 0 Å². The first-order chi connectivity index (χ1) is 8.25. The van der Waals surface area contributed by atoms with Gasteiger partial charge in [-0.3, -0.25) is 4.79 Å². The number of benzene rings is 1. The van der Waals surface area contributed by atoms with Gasteiger partial charge in [0.1, 0.15) is 0 Å². The summed E-state index contributed by atoms with van der Waals surface area (Å²) in [7, 11) is 0. The highest BCUT2D eigenvalue weighted by Gasteiger charge is 2.10. The Balaban J connectivity index is 2.42. The van der Waals surface area contributed by atoms with Crippen molar-refractivity contribution in [2.45, 2.75) is 39.0 Å². The summed E-state index contributed by atoms with van der Waals surface area (Å²) >= 11 is 3.93. The summed E-state index contributed by atoms with van der Waals surface area (Å²) in [4.78, 5) is 13.2. The third kappa shape index (κ3) is 5.26. The molecule has 17 heavy (non-hydrogen) atoms. The number of anilines is 1. The summed E-state index contributed by atoms with van der Waals surface area (Å²) in [5, 5.41) is -0.174. The minimum atomic E-state index is -0.174. The second kappa shape index (κ2) is 8.18. The van der Waals surface area contributed by atoms with Gasteiger partial charge in [0.05, 0.1) is 0 Å². The van der Waals surface area contributed by atoms with Gasteiger partial charge in [-0.2, -0.15) is 0 Å². The number of nitrogens with zero attached hydrogens (tertiary/aromatic N) is 1. The fourth-order valence-electron chi connectivity index (χ4n) is 1.82. The van der Waals surface area contributed by atoms with Crippen LogP contribution < -0.4 is 4.90 Å². The van der Waals surface area contributed by atoms with Crippen LogP contribution in [0.15, 0.2) is 30.3 Å². The molecule has 3 heteroatoms. The first-order valence-corrected chi connectivity index (χ1v) is 6.76. The molecule has 2 nitrogen and oxygen atoms in total. The number of unbranched alkanes of at least 4 members (excludes halogenated alkanes) is 4. The molecule has 1 aromatic rings. The van der Waals surface area contributed by atoms with Crippen molar-refractivity contribution in [3.05, 3.63) is 30.3 Å². The molecule has 94 valence electrons. The van der Waals surface area contributed by atoms with Crippen molar-refractivity contribution in [3.8, 4) is 0 Å². The van der Waals surface area contributed by atoms with Crippen LogP contribution in [0.25, 0.3) is 0 Å². The molecule has 0 heterocycles. The van der Waals surface area contributed by atoms with E-state index >= 15 is 0 Å². The second-order valence-corrected chi connectivity index (χ2v) is 4.57. The minimum Gasteiger partial charge on any atom is -0.304 e. The zero-order chi connectivity index (χ0) is 12.5. The van der Waals surface area contributed by atoms with Crippen LogP contribution in [0.5, 0.6) is 0 Å². The van der Waals surface area contributed by atoms with Crippen molar-refractivity contribution in [1.82, 2.24) is 0 Å². The fourth-order valence-corrected chi connectivity index (χ4v) is 2.03. The van der Waals surface area contributed by atoms with Gasteiger partial charge in [-0.1, -0.05) is 63.4 Å². The molecule has 0 aliphatic heterocycles.